The SMILES string of the molecule is CNC1CC2CCC(C1)N2c1cc(Cl)ccc1F. The van der Waals surface area contributed by atoms with E-state index in [1.165, 1.54) is 6.07 Å². The Morgan fingerprint density at radius 2 is 1.94 bits per heavy atom. The smallest absolute Gasteiger partial charge is 0.146 e. The average molecular weight is 269 g/mol. The monoisotopic (exact) mass is 268 g/mol. The number of hydrogen-bond donors (Lipinski definition) is 1. The lowest BCUT2D eigenvalue weighted by atomic mass is 9.96. The zero-order chi connectivity index (χ0) is 12.7. The van der Waals surface area contributed by atoms with Crippen molar-refractivity contribution in [3.8, 4) is 0 Å². The molecule has 2 saturated heterocycles. The molecule has 2 aliphatic rings. The van der Waals surface area contributed by atoms with Crippen molar-refractivity contribution in [1.29, 1.82) is 0 Å². The molecule has 3 rings (SSSR count). The molecule has 98 valence electrons. The maximum atomic E-state index is 14.0. The minimum atomic E-state index is -0.154. The van der Waals surface area contributed by atoms with Crippen LogP contribution in [0.4, 0.5) is 10.1 Å². The molecule has 2 aliphatic heterocycles. The van der Waals surface area contributed by atoms with E-state index in [4.69, 9.17) is 11.6 Å². The molecule has 1 aromatic rings. The quantitative estimate of drug-likeness (QED) is 0.886. The minimum absolute atomic E-state index is 0.154. The highest BCUT2D eigenvalue weighted by Crippen LogP contribution is 2.40. The zero-order valence-corrected chi connectivity index (χ0v) is 11.3. The Bertz CT molecular complexity index is 437. The number of hydrogen-bond acceptors (Lipinski definition) is 2. The highest BCUT2D eigenvalue weighted by molar-refractivity contribution is 6.30. The fourth-order valence-electron chi connectivity index (χ4n) is 3.49. The molecule has 0 amide bonds. The van der Waals surface area contributed by atoms with Crippen molar-refractivity contribution in [2.24, 2.45) is 0 Å². The van der Waals surface area contributed by atoms with Gasteiger partial charge in [0.05, 0.1) is 5.69 Å². The molecule has 1 N–H and O–H groups in total. The van der Waals surface area contributed by atoms with Crippen LogP contribution in [0.2, 0.25) is 5.02 Å². The van der Waals surface area contributed by atoms with E-state index >= 15 is 0 Å². The van der Waals surface area contributed by atoms with E-state index < -0.39 is 0 Å². The van der Waals surface area contributed by atoms with Gasteiger partial charge in [0, 0.05) is 23.1 Å². The van der Waals surface area contributed by atoms with Gasteiger partial charge in [0.2, 0.25) is 0 Å². The number of nitrogens with one attached hydrogen (secondary N) is 1. The van der Waals surface area contributed by atoms with Crippen molar-refractivity contribution in [3.05, 3.63) is 29.0 Å². The predicted molar refractivity (Wildman–Crippen MR) is 72.8 cm³/mol. The summed E-state index contributed by atoms with van der Waals surface area (Å²) in [7, 11) is 2.01. The number of benzene rings is 1. The topological polar surface area (TPSA) is 15.3 Å². The standard InChI is InChI=1S/C14H18ClFN2/c1-17-10-7-11-3-4-12(8-10)18(11)14-6-9(15)2-5-13(14)16/h2,5-6,10-12,17H,3-4,7-8H2,1H3. The lowest BCUT2D eigenvalue weighted by Gasteiger charge is -2.40. The Morgan fingerprint density at radius 1 is 1.28 bits per heavy atom. The number of rotatable bonds is 2. The Morgan fingerprint density at radius 3 is 2.56 bits per heavy atom. The Balaban J connectivity index is 1.91. The molecule has 2 fully saturated rings. The first-order valence-electron chi connectivity index (χ1n) is 6.59. The van der Waals surface area contributed by atoms with E-state index in [-0.39, 0.29) is 5.82 Å². The van der Waals surface area contributed by atoms with Crippen LogP contribution in [0.3, 0.4) is 0 Å². The van der Waals surface area contributed by atoms with Crippen LogP contribution in [0, 0.1) is 5.82 Å². The van der Waals surface area contributed by atoms with E-state index in [9.17, 15) is 4.39 Å². The molecule has 2 atom stereocenters. The second-order valence-electron chi connectivity index (χ2n) is 5.35. The van der Waals surface area contributed by atoms with E-state index in [0.29, 0.717) is 28.8 Å². The Labute approximate surface area is 112 Å². The minimum Gasteiger partial charge on any atom is -0.363 e. The van der Waals surface area contributed by atoms with E-state index in [1.807, 2.05) is 7.05 Å². The largest absolute Gasteiger partial charge is 0.363 e. The Kier molecular flexibility index (Phi) is 3.20. The maximum absolute atomic E-state index is 14.0. The summed E-state index contributed by atoms with van der Waals surface area (Å²) in [4.78, 5) is 2.26. The molecule has 2 bridgehead atoms. The summed E-state index contributed by atoms with van der Waals surface area (Å²) >= 11 is 6.00. The van der Waals surface area contributed by atoms with Gasteiger partial charge < -0.3 is 10.2 Å². The van der Waals surface area contributed by atoms with Crippen LogP contribution in [0.5, 0.6) is 0 Å². The van der Waals surface area contributed by atoms with Gasteiger partial charge >= 0.3 is 0 Å². The fraction of sp³-hybridized carbons (Fsp3) is 0.571. The molecule has 2 unspecified atom stereocenters. The third-order valence-electron chi connectivity index (χ3n) is 4.33. The summed E-state index contributed by atoms with van der Waals surface area (Å²) < 4.78 is 14.0. The molecule has 18 heavy (non-hydrogen) atoms. The third-order valence-corrected chi connectivity index (χ3v) is 4.56. The maximum Gasteiger partial charge on any atom is 0.146 e. The molecule has 0 aromatic heterocycles. The van der Waals surface area contributed by atoms with Gasteiger partial charge in [-0.3, -0.25) is 0 Å². The zero-order valence-electron chi connectivity index (χ0n) is 10.5. The van der Waals surface area contributed by atoms with E-state index in [0.717, 1.165) is 25.7 Å². The first kappa shape index (κ1) is 12.2. The lowest BCUT2D eigenvalue weighted by Crippen LogP contribution is -2.48. The van der Waals surface area contributed by atoms with E-state index in [2.05, 4.69) is 10.2 Å². The molecule has 0 saturated carbocycles. The molecule has 0 aliphatic carbocycles. The fourth-order valence-corrected chi connectivity index (χ4v) is 3.66. The van der Waals surface area contributed by atoms with Crippen LogP contribution in [0.1, 0.15) is 25.7 Å². The first-order chi connectivity index (χ1) is 8.69. The van der Waals surface area contributed by atoms with Crippen LogP contribution in [0.25, 0.3) is 0 Å². The molecular formula is C14H18ClFN2. The highest BCUT2D eigenvalue weighted by atomic mass is 35.5. The molecular weight excluding hydrogens is 251 g/mol. The van der Waals surface area contributed by atoms with Crippen molar-refractivity contribution in [3.63, 3.8) is 0 Å². The second-order valence-corrected chi connectivity index (χ2v) is 5.78. The number of halogens is 2. The van der Waals surface area contributed by atoms with Gasteiger partial charge in [0.15, 0.2) is 0 Å². The van der Waals surface area contributed by atoms with Gasteiger partial charge in [0.25, 0.3) is 0 Å². The summed E-state index contributed by atoms with van der Waals surface area (Å²) in [5.41, 5.74) is 0.685. The molecule has 0 radical (unpaired) electrons. The van der Waals surface area contributed by atoms with Crippen LogP contribution in [-0.4, -0.2) is 25.2 Å². The van der Waals surface area contributed by atoms with Gasteiger partial charge in [0.1, 0.15) is 5.82 Å². The van der Waals surface area contributed by atoms with Gasteiger partial charge in [-0.2, -0.15) is 0 Å². The number of nitrogens with zero attached hydrogens (tertiary/aromatic N) is 1. The normalized spacial score (nSPS) is 30.8. The summed E-state index contributed by atoms with van der Waals surface area (Å²) in [5.74, 6) is -0.154. The molecule has 2 nitrogen and oxygen atoms in total. The van der Waals surface area contributed by atoms with Crippen LogP contribution >= 0.6 is 11.6 Å². The van der Waals surface area contributed by atoms with Crippen molar-refractivity contribution in [2.75, 3.05) is 11.9 Å². The summed E-state index contributed by atoms with van der Waals surface area (Å²) in [5, 5.41) is 3.97. The summed E-state index contributed by atoms with van der Waals surface area (Å²) in [6.45, 7) is 0. The average Bonchev–Trinajstić information content (AvgIpc) is 2.63. The van der Waals surface area contributed by atoms with Crippen LogP contribution in [-0.2, 0) is 0 Å². The second kappa shape index (κ2) is 4.71. The van der Waals surface area contributed by atoms with Gasteiger partial charge in [-0.25, -0.2) is 4.39 Å². The van der Waals surface area contributed by atoms with Crippen molar-refractivity contribution < 1.29 is 4.39 Å². The van der Waals surface area contributed by atoms with Gasteiger partial charge in [-0.15, -0.1) is 0 Å². The number of piperidine rings is 1. The summed E-state index contributed by atoms with van der Waals surface area (Å²) in [6, 6.07) is 6.33. The molecule has 1 aromatic carbocycles. The number of fused-ring (bicyclic) bond motifs is 2. The third kappa shape index (κ3) is 1.99. The van der Waals surface area contributed by atoms with E-state index in [1.54, 1.807) is 12.1 Å². The van der Waals surface area contributed by atoms with Crippen LogP contribution < -0.4 is 10.2 Å². The molecule has 2 heterocycles. The van der Waals surface area contributed by atoms with Crippen LogP contribution in [0.15, 0.2) is 18.2 Å². The van der Waals surface area contributed by atoms with Gasteiger partial charge in [-0.1, -0.05) is 11.6 Å². The Hall–Kier alpha value is -0.800. The lowest BCUT2D eigenvalue weighted by molar-refractivity contribution is 0.370. The summed E-state index contributed by atoms with van der Waals surface area (Å²) in [6.07, 6.45) is 4.52. The first-order valence-corrected chi connectivity index (χ1v) is 6.97. The predicted octanol–water partition coefficient (Wildman–Crippen LogP) is 3.20. The van der Waals surface area contributed by atoms with Crippen molar-refractivity contribution in [2.45, 2.75) is 43.8 Å². The van der Waals surface area contributed by atoms with Crippen molar-refractivity contribution in [1.82, 2.24) is 5.32 Å². The highest BCUT2D eigenvalue weighted by Gasteiger charge is 2.41. The number of anilines is 1. The molecule has 0 spiro atoms. The van der Waals surface area contributed by atoms with Gasteiger partial charge in [-0.05, 0) is 50.9 Å². The molecule has 4 heteroatoms. The van der Waals surface area contributed by atoms with Crippen molar-refractivity contribution >= 4 is 17.3 Å².